The molecule has 0 atom stereocenters. The molecule has 1 aromatic heterocycles. The smallest absolute Gasteiger partial charge is 0.325 e. The van der Waals surface area contributed by atoms with Crippen LogP contribution in [-0.2, 0) is 16.1 Å². The van der Waals surface area contributed by atoms with Gasteiger partial charge in [0.05, 0.1) is 12.1 Å². The highest BCUT2D eigenvalue weighted by molar-refractivity contribution is 5.84. The molecule has 0 radical (unpaired) electrons. The molecule has 2 rings (SSSR count). The van der Waals surface area contributed by atoms with Crippen molar-refractivity contribution in [2.45, 2.75) is 26.3 Å². The summed E-state index contributed by atoms with van der Waals surface area (Å²) in [6, 6.07) is 7.64. The van der Waals surface area contributed by atoms with Crippen molar-refractivity contribution in [2.75, 3.05) is 12.3 Å². The number of rotatable bonds is 5. The van der Waals surface area contributed by atoms with Crippen LogP contribution in [0.4, 0.5) is 5.69 Å². The van der Waals surface area contributed by atoms with Crippen LogP contribution in [0.5, 0.6) is 0 Å². The summed E-state index contributed by atoms with van der Waals surface area (Å²) in [4.78, 5) is 11.6. The summed E-state index contributed by atoms with van der Waals surface area (Å²) in [6.45, 7) is 2.80. The molecule has 4 heteroatoms. The number of nitrogens with zero attached hydrogens (tertiary/aromatic N) is 1. The van der Waals surface area contributed by atoms with E-state index in [2.05, 4.69) is 6.92 Å². The third kappa shape index (κ3) is 2.83. The molecule has 1 heterocycles. The van der Waals surface area contributed by atoms with Crippen molar-refractivity contribution in [1.82, 2.24) is 4.57 Å². The highest BCUT2D eigenvalue weighted by Crippen LogP contribution is 2.18. The van der Waals surface area contributed by atoms with E-state index >= 15 is 0 Å². The predicted octanol–water partition coefficient (Wildman–Crippen LogP) is 2.57. The molecule has 0 amide bonds. The van der Waals surface area contributed by atoms with Crippen molar-refractivity contribution in [3.8, 4) is 0 Å². The number of carbonyl (C=O) groups excluding carboxylic acids is 1. The fraction of sp³-hybridized carbons (Fsp3) is 0.357. The summed E-state index contributed by atoms with van der Waals surface area (Å²) < 4.78 is 7.00. The van der Waals surface area contributed by atoms with Gasteiger partial charge in [0.25, 0.3) is 0 Å². The number of anilines is 1. The monoisotopic (exact) mass is 246 g/mol. The molecule has 18 heavy (non-hydrogen) atoms. The van der Waals surface area contributed by atoms with Crippen LogP contribution in [0.15, 0.2) is 30.5 Å². The minimum Gasteiger partial charge on any atom is -0.464 e. The second kappa shape index (κ2) is 5.58. The quantitative estimate of drug-likeness (QED) is 0.501. The van der Waals surface area contributed by atoms with Gasteiger partial charge in [-0.3, -0.25) is 4.79 Å². The Kier molecular flexibility index (Phi) is 3.87. The summed E-state index contributed by atoms with van der Waals surface area (Å²) in [6.07, 6.45) is 3.81. The molecule has 2 N–H and O–H groups in total. The number of benzene rings is 1. The van der Waals surface area contributed by atoms with Crippen LogP contribution < -0.4 is 5.73 Å². The number of hydrogen-bond acceptors (Lipinski definition) is 3. The van der Waals surface area contributed by atoms with Gasteiger partial charge >= 0.3 is 5.97 Å². The SMILES string of the molecule is CCCCOC(=O)Cn1ccc2ccc(N)cc21. The number of nitrogen functional groups attached to an aromatic ring is 1. The summed E-state index contributed by atoms with van der Waals surface area (Å²) >= 11 is 0. The molecular weight excluding hydrogens is 228 g/mol. The molecule has 0 aliphatic carbocycles. The van der Waals surface area contributed by atoms with Crippen molar-refractivity contribution in [1.29, 1.82) is 0 Å². The molecule has 0 bridgehead atoms. The van der Waals surface area contributed by atoms with E-state index in [1.165, 1.54) is 0 Å². The van der Waals surface area contributed by atoms with E-state index in [1.807, 2.05) is 35.0 Å². The third-order valence-electron chi connectivity index (χ3n) is 2.86. The zero-order valence-corrected chi connectivity index (χ0v) is 10.6. The van der Waals surface area contributed by atoms with Crippen molar-refractivity contribution in [3.63, 3.8) is 0 Å². The Hall–Kier alpha value is -1.97. The Balaban J connectivity index is 2.07. The van der Waals surface area contributed by atoms with E-state index in [9.17, 15) is 4.79 Å². The Morgan fingerprint density at radius 3 is 3.00 bits per heavy atom. The molecule has 0 fully saturated rings. The maximum absolute atomic E-state index is 11.6. The Morgan fingerprint density at radius 2 is 2.22 bits per heavy atom. The minimum absolute atomic E-state index is 0.205. The topological polar surface area (TPSA) is 57.2 Å². The summed E-state index contributed by atoms with van der Waals surface area (Å²) in [5.74, 6) is -0.205. The van der Waals surface area contributed by atoms with Crippen molar-refractivity contribution >= 4 is 22.6 Å². The van der Waals surface area contributed by atoms with Gasteiger partial charge in [0, 0.05) is 11.9 Å². The first kappa shape index (κ1) is 12.5. The van der Waals surface area contributed by atoms with E-state index < -0.39 is 0 Å². The molecule has 2 aromatic rings. The lowest BCUT2D eigenvalue weighted by molar-refractivity contribution is -0.144. The predicted molar refractivity (Wildman–Crippen MR) is 72.2 cm³/mol. The second-order valence-corrected chi connectivity index (χ2v) is 4.34. The summed E-state index contributed by atoms with van der Waals surface area (Å²) in [7, 11) is 0. The zero-order chi connectivity index (χ0) is 13.0. The lowest BCUT2D eigenvalue weighted by Gasteiger charge is -2.06. The normalized spacial score (nSPS) is 10.7. The van der Waals surface area contributed by atoms with E-state index in [0.29, 0.717) is 12.3 Å². The largest absolute Gasteiger partial charge is 0.464 e. The third-order valence-corrected chi connectivity index (χ3v) is 2.86. The molecule has 0 unspecified atom stereocenters. The van der Waals surface area contributed by atoms with Gasteiger partial charge in [0.1, 0.15) is 6.54 Å². The summed E-state index contributed by atoms with van der Waals surface area (Å²) in [5.41, 5.74) is 7.41. The van der Waals surface area contributed by atoms with Gasteiger partial charge in [-0.1, -0.05) is 19.4 Å². The maximum Gasteiger partial charge on any atom is 0.325 e. The fourth-order valence-electron chi connectivity index (χ4n) is 1.85. The lowest BCUT2D eigenvalue weighted by atomic mass is 10.2. The van der Waals surface area contributed by atoms with Gasteiger partial charge in [0.15, 0.2) is 0 Å². The standard InChI is InChI=1S/C14H18N2O2/c1-2-3-8-18-14(17)10-16-7-6-11-4-5-12(15)9-13(11)16/h4-7,9H,2-3,8,10,15H2,1H3. The van der Waals surface area contributed by atoms with E-state index in [0.717, 1.165) is 23.7 Å². The molecule has 0 aliphatic heterocycles. The minimum atomic E-state index is -0.205. The molecule has 0 spiro atoms. The Labute approximate surface area is 106 Å². The van der Waals surface area contributed by atoms with Crippen molar-refractivity contribution < 1.29 is 9.53 Å². The molecule has 0 aliphatic rings. The highest BCUT2D eigenvalue weighted by Gasteiger charge is 2.07. The molecular formula is C14H18N2O2. The number of nitrogens with two attached hydrogens (primary N) is 1. The zero-order valence-electron chi connectivity index (χ0n) is 10.6. The first-order valence-electron chi connectivity index (χ1n) is 6.20. The number of unbranched alkanes of at least 4 members (excludes halogenated alkanes) is 1. The van der Waals surface area contributed by atoms with Crippen LogP contribution in [0.3, 0.4) is 0 Å². The molecule has 1 aromatic carbocycles. The van der Waals surface area contributed by atoms with Crippen LogP contribution in [0.25, 0.3) is 10.9 Å². The maximum atomic E-state index is 11.6. The van der Waals surface area contributed by atoms with Crippen LogP contribution in [0.2, 0.25) is 0 Å². The number of hydrogen-bond donors (Lipinski definition) is 1. The van der Waals surface area contributed by atoms with E-state index in [4.69, 9.17) is 10.5 Å². The molecule has 0 saturated heterocycles. The van der Waals surface area contributed by atoms with Crippen molar-refractivity contribution in [3.05, 3.63) is 30.5 Å². The van der Waals surface area contributed by atoms with Gasteiger partial charge in [-0.15, -0.1) is 0 Å². The Morgan fingerprint density at radius 1 is 1.39 bits per heavy atom. The molecule has 96 valence electrons. The molecule has 4 nitrogen and oxygen atoms in total. The first-order valence-corrected chi connectivity index (χ1v) is 6.20. The number of aromatic nitrogens is 1. The fourth-order valence-corrected chi connectivity index (χ4v) is 1.85. The Bertz CT molecular complexity index is 546. The van der Waals surface area contributed by atoms with Crippen LogP contribution in [0.1, 0.15) is 19.8 Å². The number of fused-ring (bicyclic) bond motifs is 1. The number of carbonyl (C=O) groups is 1. The van der Waals surface area contributed by atoms with E-state index in [1.54, 1.807) is 0 Å². The average molecular weight is 246 g/mol. The van der Waals surface area contributed by atoms with Gasteiger partial charge < -0.3 is 15.0 Å². The van der Waals surface area contributed by atoms with Gasteiger partial charge in [0.2, 0.25) is 0 Å². The lowest BCUT2D eigenvalue weighted by Crippen LogP contribution is -2.13. The van der Waals surface area contributed by atoms with Crippen molar-refractivity contribution in [2.24, 2.45) is 0 Å². The number of esters is 1. The highest BCUT2D eigenvalue weighted by atomic mass is 16.5. The number of ether oxygens (including phenoxy) is 1. The summed E-state index contributed by atoms with van der Waals surface area (Å²) in [5, 5.41) is 1.07. The van der Waals surface area contributed by atoms with E-state index in [-0.39, 0.29) is 12.5 Å². The van der Waals surface area contributed by atoms with Crippen LogP contribution >= 0.6 is 0 Å². The second-order valence-electron chi connectivity index (χ2n) is 4.34. The first-order chi connectivity index (χ1) is 8.70. The van der Waals surface area contributed by atoms with Crippen LogP contribution in [0, 0.1) is 0 Å². The average Bonchev–Trinajstić information content (AvgIpc) is 2.72. The van der Waals surface area contributed by atoms with Gasteiger partial charge in [-0.05, 0) is 30.0 Å². The van der Waals surface area contributed by atoms with Gasteiger partial charge in [-0.2, -0.15) is 0 Å². The molecule has 0 saturated carbocycles. The van der Waals surface area contributed by atoms with Gasteiger partial charge in [-0.25, -0.2) is 0 Å². The van der Waals surface area contributed by atoms with Crippen LogP contribution in [-0.4, -0.2) is 17.1 Å².